The molecule has 0 amide bonds. The molecule has 0 aromatic carbocycles. The van der Waals surface area contributed by atoms with E-state index in [9.17, 15) is 0 Å². The van der Waals surface area contributed by atoms with Gasteiger partial charge in [-0.25, -0.2) is 0 Å². The van der Waals surface area contributed by atoms with Crippen LogP contribution in [-0.2, 0) is 12.8 Å². The first-order valence-corrected chi connectivity index (χ1v) is 4.57. The Labute approximate surface area is 74.0 Å². The average Bonchev–Trinajstić information content (AvgIpc) is 2.33. The molecule has 0 unspecified atom stereocenters. The minimum atomic E-state index is 1.19. The van der Waals surface area contributed by atoms with Gasteiger partial charge in [0, 0.05) is 15.5 Å². The van der Waals surface area contributed by atoms with Crippen LogP contribution in [0.4, 0.5) is 0 Å². The summed E-state index contributed by atoms with van der Waals surface area (Å²) in [5.41, 5.74) is 2.78. The van der Waals surface area contributed by atoms with Gasteiger partial charge in [0.25, 0.3) is 0 Å². The number of aromatic nitrogens is 1. The number of fused-ring (bicyclic) bond motifs is 1. The van der Waals surface area contributed by atoms with Crippen molar-refractivity contribution >= 4 is 22.6 Å². The van der Waals surface area contributed by atoms with E-state index in [1.54, 1.807) is 0 Å². The Hall–Kier alpha value is -0.120. The lowest BCUT2D eigenvalue weighted by Crippen LogP contribution is -1.87. The van der Waals surface area contributed by atoms with Gasteiger partial charge in [0.1, 0.15) is 0 Å². The highest BCUT2D eigenvalue weighted by atomic mass is 127. The number of halogens is 1. The SMILES string of the molecule is Ic1cnc2c(c1)CCC2. The second-order valence-electron chi connectivity index (χ2n) is 2.61. The molecule has 1 heterocycles. The van der Waals surface area contributed by atoms with Crippen LogP contribution < -0.4 is 0 Å². The summed E-state index contributed by atoms with van der Waals surface area (Å²) < 4.78 is 1.26. The normalized spacial score (nSPS) is 15.3. The Morgan fingerprint density at radius 1 is 1.40 bits per heavy atom. The van der Waals surface area contributed by atoms with Crippen LogP contribution >= 0.6 is 22.6 Å². The predicted octanol–water partition coefficient (Wildman–Crippen LogP) is 2.17. The molecule has 1 aliphatic rings. The van der Waals surface area contributed by atoms with Crippen molar-refractivity contribution in [2.75, 3.05) is 0 Å². The standard InChI is InChI=1S/C8H8IN/c9-7-4-6-2-1-3-8(6)10-5-7/h4-5H,1-3H2. The first-order chi connectivity index (χ1) is 4.86. The van der Waals surface area contributed by atoms with Crippen molar-refractivity contribution < 1.29 is 0 Å². The summed E-state index contributed by atoms with van der Waals surface area (Å²) in [6.07, 6.45) is 5.67. The van der Waals surface area contributed by atoms with Crippen LogP contribution in [0.25, 0.3) is 0 Å². The Kier molecular flexibility index (Phi) is 1.64. The minimum Gasteiger partial charge on any atom is -0.260 e. The third-order valence-electron chi connectivity index (χ3n) is 1.89. The largest absolute Gasteiger partial charge is 0.260 e. The highest BCUT2D eigenvalue weighted by Gasteiger charge is 2.10. The van der Waals surface area contributed by atoms with Gasteiger partial charge < -0.3 is 0 Å². The van der Waals surface area contributed by atoms with E-state index in [1.165, 1.54) is 34.1 Å². The second-order valence-corrected chi connectivity index (χ2v) is 3.86. The van der Waals surface area contributed by atoms with Gasteiger partial charge in [-0.2, -0.15) is 0 Å². The van der Waals surface area contributed by atoms with Crippen LogP contribution in [0.2, 0.25) is 0 Å². The smallest absolute Gasteiger partial charge is 0.0436 e. The molecule has 0 bridgehead atoms. The van der Waals surface area contributed by atoms with Crippen LogP contribution in [0.3, 0.4) is 0 Å². The number of rotatable bonds is 0. The highest BCUT2D eigenvalue weighted by molar-refractivity contribution is 14.1. The number of aryl methyl sites for hydroxylation is 2. The van der Waals surface area contributed by atoms with Crippen molar-refractivity contribution in [1.29, 1.82) is 0 Å². The van der Waals surface area contributed by atoms with Crippen LogP contribution in [0.1, 0.15) is 17.7 Å². The Balaban J connectivity index is 2.52. The zero-order chi connectivity index (χ0) is 6.97. The molecule has 2 rings (SSSR count). The Morgan fingerprint density at radius 2 is 2.30 bits per heavy atom. The fourth-order valence-electron chi connectivity index (χ4n) is 1.40. The average molecular weight is 245 g/mol. The van der Waals surface area contributed by atoms with Crippen LogP contribution in [-0.4, -0.2) is 4.98 Å². The van der Waals surface area contributed by atoms with E-state index in [4.69, 9.17) is 0 Å². The van der Waals surface area contributed by atoms with Gasteiger partial charge >= 0.3 is 0 Å². The molecule has 0 atom stereocenters. The van der Waals surface area contributed by atoms with Crippen molar-refractivity contribution in [3.8, 4) is 0 Å². The predicted molar refractivity (Wildman–Crippen MR) is 49.0 cm³/mol. The lowest BCUT2D eigenvalue weighted by molar-refractivity contribution is 0.899. The van der Waals surface area contributed by atoms with Gasteiger partial charge in [-0.3, -0.25) is 4.98 Å². The van der Waals surface area contributed by atoms with Crippen molar-refractivity contribution in [3.63, 3.8) is 0 Å². The lowest BCUT2D eigenvalue weighted by atomic mass is 10.2. The second kappa shape index (κ2) is 2.49. The van der Waals surface area contributed by atoms with E-state index >= 15 is 0 Å². The Bertz CT molecular complexity index is 257. The van der Waals surface area contributed by atoms with Gasteiger partial charge in [-0.15, -0.1) is 0 Å². The summed E-state index contributed by atoms with van der Waals surface area (Å²) in [6, 6.07) is 2.25. The molecule has 0 saturated heterocycles. The zero-order valence-corrected chi connectivity index (χ0v) is 7.76. The molecule has 1 aromatic heterocycles. The summed E-state index contributed by atoms with van der Waals surface area (Å²) >= 11 is 2.31. The van der Waals surface area contributed by atoms with Crippen molar-refractivity contribution in [2.45, 2.75) is 19.3 Å². The van der Waals surface area contributed by atoms with E-state index in [1.807, 2.05) is 6.20 Å². The molecule has 0 spiro atoms. The van der Waals surface area contributed by atoms with Crippen LogP contribution in [0, 0.1) is 3.57 Å². The summed E-state index contributed by atoms with van der Waals surface area (Å²) in [5, 5.41) is 0. The highest BCUT2D eigenvalue weighted by Crippen LogP contribution is 2.20. The van der Waals surface area contributed by atoms with Crippen molar-refractivity contribution in [3.05, 3.63) is 27.1 Å². The molecular formula is C8H8IN. The van der Waals surface area contributed by atoms with E-state index in [0.29, 0.717) is 0 Å². The number of nitrogens with zero attached hydrogens (tertiary/aromatic N) is 1. The van der Waals surface area contributed by atoms with Gasteiger partial charge in [-0.05, 0) is 53.5 Å². The molecule has 2 heteroatoms. The molecule has 0 radical (unpaired) electrons. The molecular weight excluding hydrogens is 237 g/mol. The van der Waals surface area contributed by atoms with Crippen molar-refractivity contribution in [2.24, 2.45) is 0 Å². The van der Waals surface area contributed by atoms with Crippen molar-refractivity contribution in [1.82, 2.24) is 4.98 Å². The monoisotopic (exact) mass is 245 g/mol. The maximum Gasteiger partial charge on any atom is 0.0436 e. The Morgan fingerprint density at radius 3 is 3.20 bits per heavy atom. The van der Waals surface area contributed by atoms with Crippen LogP contribution in [0.15, 0.2) is 12.3 Å². The van der Waals surface area contributed by atoms with Crippen LogP contribution in [0.5, 0.6) is 0 Å². The first kappa shape index (κ1) is 6.58. The first-order valence-electron chi connectivity index (χ1n) is 3.49. The molecule has 1 aliphatic carbocycles. The van der Waals surface area contributed by atoms with Gasteiger partial charge in [0.05, 0.1) is 0 Å². The molecule has 1 aromatic rings. The van der Waals surface area contributed by atoms with E-state index in [0.717, 1.165) is 0 Å². The summed E-state index contributed by atoms with van der Waals surface area (Å²) in [6.45, 7) is 0. The number of hydrogen-bond acceptors (Lipinski definition) is 1. The molecule has 52 valence electrons. The summed E-state index contributed by atoms with van der Waals surface area (Å²) in [7, 11) is 0. The maximum absolute atomic E-state index is 4.35. The third kappa shape index (κ3) is 1.05. The van der Waals surface area contributed by atoms with E-state index < -0.39 is 0 Å². The van der Waals surface area contributed by atoms with Gasteiger partial charge in [0.15, 0.2) is 0 Å². The van der Waals surface area contributed by atoms with Gasteiger partial charge in [-0.1, -0.05) is 0 Å². The lowest BCUT2D eigenvalue weighted by Gasteiger charge is -1.96. The van der Waals surface area contributed by atoms with E-state index in [2.05, 4.69) is 33.6 Å². The van der Waals surface area contributed by atoms with Gasteiger partial charge in [0.2, 0.25) is 0 Å². The number of pyridine rings is 1. The molecule has 0 aliphatic heterocycles. The zero-order valence-electron chi connectivity index (χ0n) is 5.60. The third-order valence-corrected chi connectivity index (χ3v) is 2.48. The molecule has 0 N–H and O–H groups in total. The fraction of sp³-hybridized carbons (Fsp3) is 0.375. The summed E-state index contributed by atoms with van der Waals surface area (Å²) in [5.74, 6) is 0. The molecule has 0 saturated carbocycles. The summed E-state index contributed by atoms with van der Waals surface area (Å²) in [4.78, 5) is 4.35. The topological polar surface area (TPSA) is 12.9 Å². The molecule has 0 fully saturated rings. The molecule has 10 heavy (non-hydrogen) atoms. The quantitative estimate of drug-likeness (QED) is 0.638. The molecule has 1 nitrogen and oxygen atoms in total. The fourth-order valence-corrected chi connectivity index (χ4v) is 1.91. The number of hydrogen-bond donors (Lipinski definition) is 0. The maximum atomic E-state index is 4.35. The minimum absolute atomic E-state index is 1.19. The van der Waals surface area contributed by atoms with E-state index in [-0.39, 0.29) is 0 Å².